The number of anilines is 2. The van der Waals surface area contributed by atoms with Gasteiger partial charge in [0.05, 0.1) is 35.7 Å². The van der Waals surface area contributed by atoms with Crippen molar-refractivity contribution in [1.82, 2.24) is 29.7 Å². The Morgan fingerprint density at radius 2 is 2.00 bits per heavy atom. The second-order valence-electron chi connectivity index (χ2n) is 8.62. The molecule has 3 N–H and O–H groups in total. The topological polar surface area (TPSA) is 160 Å². The Bertz CT molecular complexity index is 1410. The standard InChI is InChI=1S/C23H24N8O4/c1-12-9-15(10-25-18(12)20-29-21(35-30-20)13(2)22(32)33)27-23(34)28-16-11-24-17-7-8-26-31(17)19(16)14-5-3-4-6-14/h7-11,13-14H,3-6H2,1-2H3,(H,32,33)(H2,27,28,34). The van der Waals surface area contributed by atoms with Crippen LogP contribution in [0.25, 0.3) is 17.2 Å². The Morgan fingerprint density at radius 1 is 1.20 bits per heavy atom. The normalized spacial score (nSPS) is 14.8. The van der Waals surface area contributed by atoms with E-state index in [4.69, 9.17) is 9.63 Å². The first-order valence-corrected chi connectivity index (χ1v) is 11.3. The number of amides is 2. The van der Waals surface area contributed by atoms with E-state index in [0.717, 1.165) is 37.0 Å². The first-order chi connectivity index (χ1) is 16.9. The van der Waals surface area contributed by atoms with E-state index in [1.165, 1.54) is 13.1 Å². The fourth-order valence-corrected chi connectivity index (χ4v) is 4.35. The smallest absolute Gasteiger partial charge is 0.323 e. The molecule has 12 heteroatoms. The number of nitrogens with zero attached hydrogens (tertiary/aromatic N) is 6. The van der Waals surface area contributed by atoms with E-state index < -0.39 is 17.9 Å². The van der Waals surface area contributed by atoms with Crippen molar-refractivity contribution in [2.24, 2.45) is 0 Å². The average Bonchev–Trinajstić information content (AvgIpc) is 3.60. The molecule has 35 heavy (non-hydrogen) atoms. The molecule has 1 atom stereocenters. The van der Waals surface area contributed by atoms with Gasteiger partial charge in [0.25, 0.3) is 0 Å². The molecule has 0 radical (unpaired) electrons. The first kappa shape index (κ1) is 22.4. The van der Waals surface area contributed by atoms with Crippen LogP contribution < -0.4 is 10.6 Å². The molecule has 1 saturated carbocycles. The Balaban J connectivity index is 1.33. The third-order valence-corrected chi connectivity index (χ3v) is 6.17. The number of rotatable bonds is 6. The Morgan fingerprint density at radius 3 is 2.74 bits per heavy atom. The summed E-state index contributed by atoms with van der Waals surface area (Å²) in [7, 11) is 0. The predicted octanol–water partition coefficient (Wildman–Crippen LogP) is 3.97. The lowest BCUT2D eigenvalue weighted by atomic mass is 10.0. The fraction of sp³-hybridized carbons (Fsp3) is 0.348. The Hall–Kier alpha value is -4.35. The van der Waals surface area contributed by atoms with Crippen molar-refractivity contribution < 1.29 is 19.2 Å². The molecule has 4 aromatic heterocycles. The van der Waals surface area contributed by atoms with Gasteiger partial charge >= 0.3 is 12.0 Å². The number of carboxylic acid groups (broad SMARTS) is 1. The molecule has 5 rings (SSSR count). The lowest BCUT2D eigenvalue weighted by molar-refractivity contribution is -0.138. The molecule has 1 fully saturated rings. The highest BCUT2D eigenvalue weighted by Gasteiger charge is 2.25. The van der Waals surface area contributed by atoms with Crippen molar-refractivity contribution in [3.63, 3.8) is 0 Å². The third-order valence-electron chi connectivity index (χ3n) is 6.17. The SMILES string of the molecule is Cc1cc(NC(=O)Nc2cnc3ccnn3c2C2CCCC2)cnc1-c1noc(C(C)C(=O)O)n1. The largest absolute Gasteiger partial charge is 0.481 e. The molecule has 2 amide bonds. The van der Waals surface area contributed by atoms with Gasteiger partial charge in [-0.2, -0.15) is 10.1 Å². The maximum atomic E-state index is 12.8. The summed E-state index contributed by atoms with van der Waals surface area (Å²) in [6.07, 6.45) is 9.24. The van der Waals surface area contributed by atoms with Gasteiger partial charge in [-0.05, 0) is 38.3 Å². The van der Waals surface area contributed by atoms with E-state index in [1.807, 2.05) is 6.07 Å². The summed E-state index contributed by atoms with van der Waals surface area (Å²) in [5.74, 6) is -1.50. The summed E-state index contributed by atoms with van der Waals surface area (Å²) < 4.78 is 6.86. The molecule has 4 aromatic rings. The number of carbonyl (C=O) groups excluding carboxylic acids is 1. The molecule has 12 nitrogen and oxygen atoms in total. The van der Waals surface area contributed by atoms with Gasteiger partial charge in [-0.1, -0.05) is 18.0 Å². The van der Waals surface area contributed by atoms with Gasteiger partial charge in [-0.3, -0.25) is 9.78 Å². The number of hydrogen-bond donors (Lipinski definition) is 3. The van der Waals surface area contributed by atoms with Gasteiger partial charge < -0.3 is 20.3 Å². The minimum Gasteiger partial charge on any atom is -0.481 e. The zero-order chi connectivity index (χ0) is 24.5. The molecule has 1 unspecified atom stereocenters. The zero-order valence-electron chi connectivity index (χ0n) is 19.2. The van der Waals surface area contributed by atoms with Crippen LogP contribution in [0.4, 0.5) is 16.2 Å². The van der Waals surface area contributed by atoms with Crippen LogP contribution >= 0.6 is 0 Å². The molecular weight excluding hydrogens is 452 g/mol. The van der Waals surface area contributed by atoms with E-state index >= 15 is 0 Å². The van der Waals surface area contributed by atoms with Gasteiger partial charge in [-0.15, -0.1) is 0 Å². The number of fused-ring (bicyclic) bond motifs is 1. The van der Waals surface area contributed by atoms with Crippen LogP contribution in [0.2, 0.25) is 0 Å². The summed E-state index contributed by atoms with van der Waals surface area (Å²) >= 11 is 0. The Labute approximate surface area is 199 Å². The van der Waals surface area contributed by atoms with Crippen LogP contribution in [0.1, 0.15) is 61.6 Å². The number of urea groups is 1. The van der Waals surface area contributed by atoms with Crippen molar-refractivity contribution in [3.05, 3.63) is 47.9 Å². The summed E-state index contributed by atoms with van der Waals surface area (Å²) in [5.41, 5.74) is 3.92. The molecule has 1 aliphatic rings. The highest BCUT2D eigenvalue weighted by atomic mass is 16.5. The zero-order valence-corrected chi connectivity index (χ0v) is 19.2. The lowest BCUT2D eigenvalue weighted by Gasteiger charge is -2.17. The van der Waals surface area contributed by atoms with E-state index in [9.17, 15) is 9.59 Å². The van der Waals surface area contributed by atoms with Gasteiger partial charge in [0.15, 0.2) is 5.65 Å². The molecule has 1 aliphatic carbocycles. The highest BCUT2D eigenvalue weighted by molar-refractivity contribution is 6.00. The summed E-state index contributed by atoms with van der Waals surface area (Å²) in [4.78, 5) is 36.9. The number of carboxylic acids is 1. The minimum absolute atomic E-state index is 0.00361. The van der Waals surface area contributed by atoms with Crippen LogP contribution in [0.5, 0.6) is 0 Å². The number of aryl methyl sites for hydroxylation is 1. The summed E-state index contributed by atoms with van der Waals surface area (Å²) in [5, 5.41) is 23.1. The van der Waals surface area contributed by atoms with E-state index in [1.54, 1.807) is 29.9 Å². The van der Waals surface area contributed by atoms with Crippen molar-refractivity contribution in [2.45, 2.75) is 51.4 Å². The van der Waals surface area contributed by atoms with E-state index in [-0.39, 0.29) is 11.7 Å². The van der Waals surface area contributed by atoms with E-state index in [0.29, 0.717) is 28.6 Å². The predicted molar refractivity (Wildman–Crippen MR) is 125 cm³/mol. The minimum atomic E-state index is -1.06. The van der Waals surface area contributed by atoms with Crippen LogP contribution in [0, 0.1) is 6.92 Å². The molecule has 0 saturated heterocycles. The van der Waals surface area contributed by atoms with Crippen molar-refractivity contribution in [1.29, 1.82) is 0 Å². The van der Waals surface area contributed by atoms with Crippen LogP contribution in [-0.4, -0.2) is 46.8 Å². The van der Waals surface area contributed by atoms with Crippen LogP contribution in [0.3, 0.4) is 0 Å². The van der Waals surface area contributed by atoms with Gasteiger partial charge in [0, 0.05) is 12.0 Å². The molecule has 0 aromatic carbocycles. The quantitative estimate of drug-likeness (QED) is 0.374. The Kier molecular flexibility index (Phi) is 5.85. The molecule has 180 valence electrons. The van der Waals surface area contributed by atoms with Crippen molar-refractivity contribution >= 4 is 29.0 Å². The number of aromatic nitrogens is 6. The summed E-state index contributed by atoms with van der Waals surface area (Å²) in [6, 6.07) is 3.14. The summed E-state index contributed by atoms with van der Waals surface area (Å²) in [6.45, 7) is 3.25. The van der Waals surface area contributed by atoms with Gasteiger partial charge in [-0.25, -0.2) is 14.3 Å². The second kappa shape index (κ2) is 9.12. The second-order valence-corrected chi connectivity index (χ2v) is 8.62. The monoisotopic (exact) mass is 476 g/mol. The maximum Gasteiger partial charge on any atom is 0.323 e. The number of aliphatic carboxylic acids is 1. The maximum absolute atomic E-state index is 12.8. The van der Waals surface area contributed by atoms with Crippen LogP contribution in [-0.2, 0) is 4.79 Å². The van der Waals surface area contributed by atoms with Crippen LogP contribution in [0.15, 0.2) is 35.2 Å². The van der Waals surface area contributed by atoms with Crippen molar-refractivity contribution in [2.75, 3.05) is 10.6 Å². The molecular formula is C23H24N8O4. The number of nitrogens with one attached hydrogen (secondary N) is 2. The highest BCUT2D eigenvalue weighted by Crippen LogP contribution is 2.37. The molecule has 4 heterocycles. The number of hydrogen-bond acceptors (Lipinski definition) is 8. The third kappa shape index (κ3) is 4.42. The fourth-order valence-electron chi connectivity index (χ4n) is 4.35. The van der Waals surface area contributed by atoms with Crippen molar-refractivity contribution in [3.8, 4) is 11.5 Å². The van der Waals surface area contributed by atoms with E-state index in [2.05, 4.69) is 35.8 Å². The number of carbonyl (C=O) groups is 2. The average molecular weight is 476 g/mol. The van der Waals surface area contributed by atoms with Gasteiger partial charge in [0.1, 0.15) is 11.6 Å². The van der Waals surface area contributed by atoms with Gasteiger partial charge in [0.2, 0.25) is 11.7 Å². The molecule has 0 spiro atoms. The molecule has 0 aliphatic heterocycles. The molecule has 0 bridgehead atoms. The first-order valence-electron chi connectivity index (χ1n) is 11.3. The number of pyridine rings is 1. The lowest BCUT2D eigenvalue weighted by Crippen LogP contribution is -2.22.